The second kappa shape index (κ2) is 4.25. The summed E-state index contributed by atoms with van der Waals surface area (Å²) in [5, 5.41) is 12.2. The van der Waals surface area contributed by atoms with Gasteiger partial charge in [-0.15, -0.1) is 21.8 Å². The van der Waals surface area contributed by atoms with Gasteiger partial charge in [-0.1, -0.05) is 0 Å². The highest BCUT2D eigenvalue weighted by molar-refractivity contribution is 6.16. The van der Waals surface area contributed by atoms with Crippen LogP contribution in [0.5, 0.6) is 0 Å². The Balaban J connectivity index is 2.34. The number of rotatable bonds is 3. The van der Waals surface area contributed by atoms with Crippen LogP contribution in [0.4, 0.5) is 0 Å². The van der Waals surface area contributed by atoms with Crippen molar-refractivity contribution in [1.82, 2.24) is 24.5 Å². The first-order valence-electron chi connectivity index (χ1n) is 5.05. The van der Waals surface area contributed by atoms with Crippen LogP contribution in [0.1, 0.15) is 22.8 Å². The van der Waals surface area contributed by atoms with Crippen LogP contribution in [0.3, 0.4) is 0 Å². The number of hydrogen-bond acceptors (Lipinski definition) is 3. The van der Waals surface area contributed by atoms with Gasteiger partial charge in [0.05, 0.1) is 18.1 Å². The molecule has 0 unspecified atom stereocenters. The molecule has 2 aromatic rings. The summed E-state index contributed by atoms with van der Waals surface area (Å²) in [6.45, 7) is 4.79. The zero-order valence-electron chi connectivity index (χ0n) is 9.61. The van der Waals surface area contributed by atoms with Crippen molar-refractivity contribution in [3.8, 4) is 0 Å². The fourth-order valence-corrected chi connectivity index (χ4v) is 1.94. The first-order valence-corrected chi connectivity index (χ1v) is 5.58. The predicted octanol–water partition coefficient (Wildman–Crippen LogP) is 1.42. The highest BCUT2D eigenvalue weighted by Gasteiger charge is 2.11. The van der Waals surface area contributed by atoms with E-state index in [1.807, 2.05) is 23.2 Å². The molecule has 0 aliphatic rings. The molecule has 0 radical (unpaired) electrons. The van der Waals surface area contributed by atoms with Crippen LogP contribution in [0.2, 0.25) is 0 Å². The monoisotopic (exact) mass is 239 g/mol. The molecule has 86 valence electrons. The largest absolute Gasteiger partial charge is 0.312 e. The van der Waals surface area contributed by atoms with E-state index < -0.39 is 0 Å². The molecule has 0 atom stereocenters. The van der Waals surface area contributed by atoms with Crippen LogP contribution in [0, 0.1) is 13.8 Å². The third kappa shape index (κ3) is 1.82. The van der Waals surface area contributed by atoms with Crippen molar-refractivity contribution in [2.75, 3.05) is 0 Å². The molecule has 5 nitrogen and oxygen atoms in total. The van der Waals surface area contributed by atoms with E-state index in [-0.39, 0.29) is 0 Å². The molecule has 0 saturated carbocycles. The van der Waals surface area contributed by atoms with Gasteiger partial charge in [-0.2, -0.15) is 5.10 Å². The van der Waals surface area contributed by atoms with Crippen molar-refractivity contribution in [2.24, 2.45) is 7.05 Å². The topological polar surface area (TPSA) is 48.5 Å². The molecular weight excluding hydrogens is 226 g/mol. The second-order valence-corrected chi connectivity index (χ2v) is 4.05. The van der Waals surface area contributed by atoms with Gasteiger partial charge in [-0.05, 0) is 13.8 Å². The molecule has 0 amide bonds. The smallest absolute Gasteiger partial charge is 0.148 e. The van der Waals surface area contributed by atoms with Gasteiger partial charge in [0.25, 0.3) is 0 Å². The van der Waals surface area contributed by atoms with Gasteiger partial charge in [0.2, 0.25) is 0 Å². The van der Waals surface area contributed by atoms with Gasteiger partial charge < -0.3 is 4.57 Å². The van der Waals surface area contributed by atoms with Crippen LogP contribution in [0.25, 0.3) is 0 Å². The minimum atomic E-state index is 0.373. The molecule has 16 heavy (non-hydrogen) atoms. The maximum absolute atomic E-state index is 5.78. The zero-order valence-corrected chi connectivity index (χ0v) is 10.4. The van der Waals surface area contributed by atoms with Crippen molar-refractivity contribution in [3.05, 3.63) is 29.1 Å². The molecule has 0 spiro atoms. The van der Waals surface area contributed by atoms with E-state index in [4.69, 9.17) is 11.6 Å². The van der Waals surface area contributed by atoms with Crippen molar-refractivity contribution in [1.29, 1.82) is 0 Å². The van der Waals surface area contributed by atoms with Crippen LogP contribution in [-0.2, 0) is 19.5 Å². The maximum Gasteiger partial charge on any atom is 0.148 e. The molecule has 0 aliphatic carbocycles. The molecule has 0 fully saturated rings. The molecule has 2 aromatic heterocycles. The van der Waals surface area contributed by atoms with Crippen molar-refractivity contribution in [2.45, 2.75) is 26.3 Å². The Morgan fingerprint density at radius 2 is 2.12 bits per heavy atom. The average molecular weight is 240 g/mol. The summed E-state index contributed by atoms with van der Waals surface area (Å²) in [7, 11) is 1.94. The number of halogens is 1. The molecule has 2 rings (SSSR count). The Labute approximate surface area is 99.1 Å². The van der Waals surface area contributed by atoms with Crippen LogP contribution in [0.15, 0.2) is 6.33 Å². The number of nitrogens with zero attached hydrogens (tertiary/aromatic N) is 5. The van der Waals surface area contributed by atoms with Crippen molar-refractivity contribution in [3.63, 3.8) is 0 Å². The lowest BCUT2D eigenvalue weighted by Gasteiger charge is -2.05. The Hall–Kier alpha value is -1.36. The first kappa shape index (κ1) is 11.1. The van der Waals surface area contributed by atoms with Gasteiger partial charge >= 0.3 is 0 Å². The van der Waals surface area contributed by atoms with Gasteiger partial charge in [-0.25, -0.2) is 0 Å². The number of hydrogen-bond donors (Lipinski definition) is 0. The Kier molecular flexibility index (Phi) is 2.96. The third-order valence-electron chi connectivity index (χ3n) is 2.80. The van der Waals surface area contributed by atoms with Gasteiger partial charge in [0.15, 0.2) is 0 Å². The normalized spacial score (nSPS) is 11.0. The van der Waals surface area contributed by atoms with Crippen LogP contribution in [-0.4, -0.2) is 24.5 Å². The fraction of sp³-hybridized carbons (Fsp3) is 0.500. The summed E-state index contributed by atoms with van der Waals surface area (Å²) in [5.74, 6) is 1.16. The summed E-state index contributed by atoms with van der Waals surface area (Å²) < 4.78 is 3.83. The van der Waals surface area contributed by atoms with E-state index in [0.717, 1.165) is 23.8 Å². The van der Waals surface area contributed by atoms with Crippen molar-refractivity contribution >= 4 is 11.6 Å². The Bertz CT molecular complexity index is 499. The quantitative estimate of drug-likeness (QED) is 0.761. The van der Waals surface area contributed by atoms with E-state index >= 15 is 0 Å². The van der Waals surface area contributed by atoms with Gasteiger partial charge in [-0.3, -0.25) is 4.68 Å². The molecule has 0 saturated heterocycles. The van der Waals surface area contributed by atoms with Crippen LogP contribution >= 0.6 is 11.6 Å². The van der Waals surface area contributed by atoms with Crippen molar-refractivity contribution < 1.29 is 0 Å². The van der Waals surface area contributed by atoms with E-state index in [1.165, 1.54) is 5.56 Å². The minimum absolute atomic E-state index is 0.373. The highest BCUT2D eigenvalue weighted by Crippen LogP contribution is 2.14. The average Bonchev–Trinajstić information content (AvgIpc) is 2.79. The fourth-order valence-electron chi connectivity index (χ4n) is 1.73. The van der Waals surface area contributed by atoms with E-state index in [0.29, 0.717) is 5.88 Å². The van der Waals surface area contributed by atoms with E-state index in [1.54, 1.807) is 6.33 Å². The van der Waals surface area contributed by atoms with E-state index in [9.17, 15) is 0 Å². The standard InChI is InChI=1S/C10H14ClN5/c1-7-9(8(2)15(3)14-7)5-16-6-12-13-10(16)4-11/h6H,4-5H2,1-3H3. The first-order chi connectivity index (χ1) is 7.63. The molecule has 2 heterocycles. The molecule has 0 N–H and O–H groups in total. The molecule has 0 aromatic carbocycles. The number of aryl methyl sites for hydroxylation is 2. The summed E-state index contributed by atoms with van der Waals surface area (Å²) in [4.78, 5) is 0. The minimum Gasteiger partial charge on any atom is -0.312 e. The Morgan fingerprint density at radius 3 is 2.69 bits per heavy atom. The number of aromatic nitrogens is 5. The lowest BCUT2D eigenvalue weighted by molar-refractivity contribution is 0.721. The molecule has 6 heteroatoms. The Morgan fingerprint density at radius 1 is 1.38 bits per heavy atom. The zero-order chi connectivity index (χ0) is 11.7. The lowest BCUT2D eigenvalue weighted by atomic mass is 10.2. The molecule has 0 bridgehead atoms. The molecule has 0 aliphatic heterocycles. The summed E-state index contributed by atoms with van der Waals surface area (Å²) >= 11 is 5.78. The predicted molar refractivity (Wildman–Crippen MR) is 61.4 cm³/mol. The van der Waals surface area contributed by atoms with Gasteiger partial charge in [0, 0.05) is 18.3 Å². The molecular formula is C10H14ClN5. The lowest BCUT2D eigenvalue weighted by Crippen LogP contribution is -2.04. The number of alkyl halides is 1. The maximum atomic E-state index is 5.78. The van der Waals surface area contributed by atoms with Crippen LogP contribution < -0.4 is 0 Å². The second-order valence-electron chi connectivity index (χ2n) is 3.78. The summed E-state index contributed by atoms with van der Waals surface area (Å²) in [6, 6.07) is 0. The highest BCUT2D eigenvalue weighted by atomic mass is 35.5. The van der Waals surface area contributed by atoms with E-state index in [2.05, 4.69) is 22.2 Å². The van der Waals surface area contributed by atoms with Gasteiger partial charge in [0.1, 0.15) is 12.2 Å². The third-order valence-corrected chi connectivity index (χ3v) is 3.04. The SMILES string of the molecule is Cc1nn(C)c(C)c1Cn1cnnc1CCl. The summed E-state index contributed by atoms with van der Waals surface area (Å²) in [6.07, 6.45) is 1.70. The summed E-state index contributed by atoms with van der Waals surface area (Å²) in [5.41, 5.74) is 3.40.